The molecule has 0 radical (unpaired) electrons. The molecular formula is C20H38N2O2. The minimum absolute atomic E-state index is 0.0241. The van der Waals surface area contributed by atoms with E-state index in [2.05, 4.69) is 31.0 Å². The smallest absolute Gasteiger partial charge is 0.220 e. The minimum atomic E-state index is 0.0241. The third-order valence-electron chi connectivity index (χ3n) is 6.43. The first kappa shape index (κ1) is 19.7. The van der Waals surface area contributed by atoms with E-state index in [1.165, 1.54) is 51.7 Å². The van der Waals surface area contributed by atoms with E-state index >= 15 is 0 Å². The summed E-state index contributed by atoms with van der Waals surface area (Å²) in [5.74, 6) is 1.04. The Kier molecular flexibility index (Phi) is 7.11. The topological polar surface area (TPSA) is 41.6 Å². The summed E-state index contributed by atoms with van der Waals surface area (Å²) in [6.45, 7) is 11.3. The number of carbonyl (C=O) groups excluding carboxylic acids is 1. The molecule has 0 saturated carbocycles. The second kappa shape index (κ2) is 8.66. The monoisotopic (exact) mass is 338 g/mol. The van der Waals surface area contributed by atoms with Gasteiger partial charge >= 0.3 is 0 Å². The number of nitrogens with one attached hydrogen (secondary N) is 1. The number of hydrogen-bond acceptors (Lipinski definition) is 3. The lowest BCUT2D eigenvalue weighted by molar-refractivity contribution is -0.125. The van der Waals surface area contributed by atoms with E-state index < -0.39 is 0 Å². The lowest BCUT2D eigenvalue weighted by Gasteiger charge is -2.44. The first-order chi connectivity index (χ1) is 11.3. The number of nitrogens with zero attached hydrogens (tertiary/aromatic N) is 1. The molecule has 0 aliphatic carbocycles. The predicted octanol–water partition coefficient (Wildman–Crippen LogP) is 3.60. The number of rotatable bonds is 8. The van der Waals surface area contributed by atoms with Crippen molar-refractivity contribution < 1.29 is 9.53 Å². The maximum atomic E-state index is 11.4. The average Bonchev–Trinajstić information content (AvgIpc) is 2.57. The molecule has 24 heavy (non-hydrogen) atoms. The van der Waals surface area contributed by atoms with Crippen LogP contribution in [-0.2, 0) is 9.53 Å². The normalized spacial score (nSPS) is 23.2. The zero-order valence-corrected chi connectivity index (χ0v) is 16.3. The van der Waals surface area contributed by atoms with Gasteiger partial charge < -0.3 is 15.0 Å². The van der Waals surface area contributed by atoms with E-state index in [0.29, 0.717) is 5.41 Å². The fourth-order valence-corrected chi connectivity index (χ4v) is 4.04. The lowest BCUT2D eigenvalue weighted by Crippen LogP contribution is -2.49. The Balaban J connectivity index is 1.59. The number of likely N-dealkylation sites (tertiary alicyclic amines) is 1. The van der Waals surface area contributed by atoms with Crippen LogP contribution in [0.5, 0.6) is 0 Å². The maximum Gasteiger partial charge on any atom is 0.220 e. The number of carbonyl (C=O) groups is 1. The molecule has 2 heterocycles. The van der Waals surface area contributed by atoms with Crippen molar-refractivity contribution in [1.29, 1.82) is 0 Å². The van der Waals surface area contributed by atoms with Gasteiger partial charge in [-0.05, 0) is 76.9 Å². The molecular weight excluding hydrogens is 300 g/mol. The molecule has 0 aromatic carbocycles. The number of amides is 1. The van der Waals surface area contributed by atoms with Crippen LogP contribution in [0.15, 0.2) is 0 Å². The van der Waals surface area contributed by atoms with Gasteiger partial charge in [-0.3, -0.25) is 4.79 Å². The largest absolute Gasteiger partial charge is 0.379 e. The standard InChI is InChI=1S/C20H38N2O2/c1-17(6-5-9-19(2,3)24-4)8-13-22-14-11-20(12-15-22)10-7-18(23)21-16-20/h17H,5-16H2,1-4H3,(H,21,23)/t17-/m1/s1. The van der Waals surface area contributed by atoms with E-state index in [4.69, 9.17) is 4.74 Å². The highest BCUT2D eigenvalue weighted by Gasteiger charge is 2.37. The van der Waals surface area contributed by atoms with Crippen molar-refractivity contribution in [3.05, 3.63) is 0 Å². The van der Waals surface area contributed by atoms with E-state index in [-0.39, 0.29) is 11.5 Å². The SMILES string of the molecule is COC(C)(C)CCC[C@@H](C)CCN1CCC2(CCC(=O)NC2)CC1. The van der Waals surface area contributed by atoms with Crippen LogP contribution >= 0.6 is 0 Å². The summed E-state index contributed by atoms with van der Waals surface area (Å²) in [5, 5.41) is 3.08. The molecule has 2 rings (SSSR count). The number of methoxy groups -OCH3 is 1. The average molecular weight is 339 g/mol. The van der Waals surface area contributed by atoms with Gasteiger partial charge in [0, 0.05) is 20.1 Å². The fourth-order valence-electron chi connectivity index (χ4n) is 4.04. The van der Waals surface area contributed by atoms with Gasteiger partial charge in [0.2, 0.25) is 5.91 Å². The first-order valence-corrected chi connectivity index (χ1v) is 9.88. The Morgan fingerprint density at radius 3 is 2.54 bits per heavy atom. The van der Waals surface area contributed by atoms with Crippen molar-refractivity contribution >= 4 is 5.91 Å². The third-order valence-corrected chi connectivity index (χ3v) is 6.43. The van der Waals surface area contributed by atoms with E-state index in [1.807, 2.05) is 7.11 Å². The summed E-state index contributed by atoms with van der Waals surface area (Å²) in [4.78, 5) is 14.0. The van der Waals surface area contributed by atoms with Crippen LogP contribution in [0.4, 0.5) is 0 Å². The quantitative estimate of drug-likeness (QED) is 0.735. The van der Waals surface area contributed by atoms with Gasteiger partial charge in [0.1, 0.15) is 0 Å². The Morgan fingerprint density at radius 1 is 1.25 bits per heavy atom. The Morgan fingerprint density at radius 2 is 1.96 bits per heavy atom. The first-order valence-electron chi connectivity index (χ1n) is 9.88. The van der Waals surface area contributed by atoms with Gasteiger partial charge in [-0.2, -0.15) is 0 Å². The molecule has 2 aliphatic rings. The van der Waals surface area contributed by atoms with Gasteiger partial charge in [0.05, 0.1) is 5.60 Å². The highest BCUT2D eigenvalue weighted by Crippen LogP contribution is 2.37. The molecule has 1 atom stereocenters. The molecule has 140 valence electrons. The summed E-state index contributed by atoms with van der Waals surface area (Å²) >= 11 is 0. The van der Waals surface area contributed by atoms with Crippen LogP contribution in [0.25, 0.3) is 0 Å². The van der Waals surface area contributed by atoms with Crippen LogP contribution in [0.1, 0.15) is 72.1 Å². The predicted molar refractivity (Wildman–Crippen MR) is 99.1 cm³/mol. The van der Waals surface area contributed by atoms with Crippen LogP contribution in [0.2, 0.25) is 0 Å². The molecule has 4 heteroatoms. The van der Waals surface area contributed by atoms with E-state index in [9.17, 15) is 4.79 Å². The fraction of sp³-hybridized carbons (Fsp3) is 0.950. The van der Waals surface area contributed by atoms with Gasteiger partial charge in [-0.15, -0.1) is 0 Å². The van der Waals surface area contributed by atoms with E-state index in [1.54, 1.807) is 0 Å². The number of piperidine rings is 2. The van der Waals surface area contributed by atoms with Crippen LogP contribution < -0.4 is 5.32 Å². The summed E-state index contributed by atoms with van der Waals surface area (Å²) in [5.41, 5.74) is 0.429. The van der Waals surface area contributed by atoms with Crippen LogP contribution in [-0.4, -0.2) is 49.7 Å². The molecule has 0 aromatic rings. The molecule has 0 unspecified atom stereocenters. The zero-order chi connectivity index (χ0) is 17.6. The minimum Gasteiger partial charge on any atom is -0.379 e. The highest BCUT2D eigenvalue weighted by molar-refractivity contribution is 5.76. The Labute approximate surface area is 148 Å². The lowest BCUT2D eigenvalue weighted by atomic mass is 9.73. The Hall–Kier alpha value is -0.610. The van der Waals surface area contributed by atoms with Crippen molar-refractivity contribution in [2.45, 2.75) is 77.7 Å². The van der Waals surface area contributed by atoms with Gasteiger partial charge in [-0.25, -0.2) is 0 Å². The number of hydrogen-bond donors (Lipinski definition) is 1. The molecule has 1 spiro atoms. The summed E-state index contributed by atoms with van der Waals surface area (Å²) in [6, 6.07) is 0. The third kappa shape index (κ3) is 6.03. The second-order valence-corrected chi connectivity index (χ2v) is 8.87. The second-order valence-electron chi connectivity index (χ2n) is 8.87. The van der Waals surface area contributed by atoms with Crippen molar-refractivity contribution in [2.75, 3.05) is 33.3 Å². The molecule has 1 N–H and O–H groups in total. The van der Waals surface area contributed by atoms with Gasteiger partial charge in [0.25, 0.3) is 0 Å². The van der Waals surface area contributed by atoms with E-state index in [0.717, 1.165) is 31.7 Å². The van der Waals surface area contributed by atoms with Gasteiger partial charge in [-0.1, -0.05) is 19.8 Å². The molecule has 2 fully saturated rings. The number of ether oxygens (including phenoxy) is 1. The Bertz CT molecular complexity index is 388. The molecule has 0 bridgehead atoms. The maximum absolute atomic E-state index is 11.4. The highest BCUT2D eigenvalue weighted by atomic mass is 16.5. The molecule has 2 saturated heterocycles. The summed E-state index contributed by atoms with van der Waals surface area (Å²) < 4.78 is 5.50. The molecule has 2 aliphatic heterocycles. The summed E-state index contributed by atoms with van der Waals surface area (Å²) in [6.07, 6.45) is 9.34. The molecule has 4 nitrogen and oxygen atoms in total. The van der Waals surface area contributed by atoms with Gasteiger partial charge in [0.15, 0.2) is 0 Å². The summed E-state index contributed by atoms with van der Waals surface area (Å²) in [7, 11) is 1.81. The van der Waals surface area contributed by atoms with Crippen molar-refractivity contribution in [1.82, 2.24) is 10.2 Å². The zero-order valence-electron chi connectivity index (χ0n) is 16.3. The van der Waals surface area contributed by atoms with Crippen LogP contribution in [0.3, 0.4) is 0 Å². The van der Waals surface area contributed by atoms with Crippen molar-refractivity contribution in [3.8, 4) is 0 Å². The van der Waals surface area contributed by atoms with Crippen molar-refractivity contribution in [3.63, 3.8) is 0 Å². The van der Waals surface area contributed by atoms with Crippen molar-refractivity contribution in [2.24, 2.45) is 11.3 Å². The molecule has 1 amide bonds. The molecule has 0 aromatic heterocycles. The van der Waals surface area contributed by atoms with Crippen LogP contribution in [0, 0.1) is 11.3 Å².